The van der Waals surface area contributed by atoms with Gasteiger partial charge in [0.05, 0.1) is 6.04 Å². The molecule has 0 aromatic heterocycles. The number of aliphatic hydroxyl groups is 1. The van der Waals surface area contributed by atoms with E-state index in [4.69, 9.17) is 5.11 Å². The summed E-state index contributed by atoms with van der Waals surface area (Å²) in [7, 11) is 0. The van der Waals surface area contributed by atoms with E-state index < -0.39 is 18.3 Å². The first-order valence-electron chi connectivity index (χ1n) is 4.13. The molecule has 0 aromatic carbocycles. The van der Waals surface area contributed by atoms with Gasteiger partial charge in [-0.05, 0) is 6.92 Å². The Balaban J connectivity index is 2.51. The molecule has 0 aromatic rings. The van der Waals surface area contributed by atoms with Gasteiger partial charge >= 0.3 is 6.18 Å². The third kappa shape index (κ3) is 2.82. The lowest BCUT2D eigenvalue weighted by molar-refractivity contribution is -0.213. The molecule has 0 saturated carbocycles. The molecule has 0 radical (unpaired) electrons. The van der Waals surface area contributed by atoms with Crippen LogP contribution in [-0.2, 0) is 0 Å². The predicted molar refractivity (Wildman–Crippen MR) is 41.3 cm³/mol. The quantitative estimate of drug-likeness (QED) is 0.549. The first-order valence-corrected chi connectivity index (χ1v) is 4.13. The lowest BCUT2D eigenvalue weighted by atomic mass is 10.1. The lowest BCUT2D eigenvalue weighted by Crippen LogP contribution is -2.61. The van der Waals surface area contributed by atoms with Crippen LogP contribution in [0.1, 0.15) is 6.92 Å². The molecule has 1 fully saturated rings. The summed E-state index contributed by atoms with van der Waals surface area (Å²) in [6.45, 7) is 2.54. The van der Waals surface area contributed by atoms with Crippen molar-refractivity contribution in [2.45, 2.75) is 31.3 Å². The molecule has 1 rings (SSSR count). The third-order valence-electron chi connectivity index (χ3n) is 2.03. The Morgan fingerprint density at radius 1 is 1.38 bits per heavy atom. The highest BCUT2D eigenvalue weighted by molar-refractivity contribution is 4.89. The minimum absolute atomic E-state index is 0.0456. The zero-order valence-corrected chi connectivity index (χ0v) is 7.23. The van der Waals surface area contributed by atoms with Crippen LogP contribution in [-0.4, -0.2) is 42.6 Å². The summed E-state index contributed by atoms with van der Waals surface area (Å²) in [6.07, 6.45) is -6.83. The third-order valence-corrected chi connectivity index (χ3v) is 2.03. The summed E-state index contributed by atoms with van der Waals surface area (Å²) < 4.78 is 36.1. The maximum Gasteiger partial charge on any atom is 0.415 e. The Hall–Kier alpha value is -0.330. The number of piperazine rings is 1. The maximum atomic E-state index is 12.0. The van der Waals surface area contributed by atoms with Gasteiger partial charge in [-0.3, -0.25) is 0 Å². The van der Waals surface area contributed by atoms with Gasteiger partial charge in [0.1, 0.15) is 0 Å². The van der Waals surface area contributed by atoms with Crippen LogP contribution in [0.25, 0.3) is 0 Å². The Kier molecular flexibility index (Phi) is 3.15. The highest BCUT2D eigenvalue weighted by Crippen LogP contribution is 2.22. The second kappa shape index (κ2) is 3.81. The number of hydrogen-bond acceptors (Lipinski definition) is 3. The standard InChI is InChI=1S/C7H13F3N2O/c1-4-2-11-3-5(12-4)6(13)7(8,9)10/h4-6,11-13H,2-3H2,1H3/t4-,5?,6?/m0/s1. The van der Waals surface area contributed by atoms with E-state index >= 15 is 0 Å². The molecule has 13 heavy (non-hydrogen) atoms. The number of alkyl halides is 3. The van der Waals surface area contributed by atoms with Crippen molar-refractivity contribution in [2.24, 2.45) is 0 Å². The molecule has 2 unspecified atom stereocenters. The van der Waals surface area contributed by atoms with Gasteiger partial charge < -0.3 is 15.7 Å². The number of hydrogen-bond donors (Lipinski definition) is 3. The molecule has 1 saturated heterocycles. The van der Waals surface area contributed by atoms with Gasteiger partial charge in [0.25, 0.3) is 0 Å². The van der Waals surface area contributed by atoms with Crippen LogP contribution >= 0.6 is 0 Å². The normalized spacial score (nSPS) is 33.0. The van der Waals surface area contributed by atoms with Gasteiger partial charge in [-0.25, -0.2) is 0 Å². The predicted octanol–water partition coefficient (Wildman–Crippen LogP) is -0.141. The summed E-state index contributed by atoms with van der Waals surface area (Å²) in [5.41, 5.74) is 0. The van der Waals surface area contributed by atoms with Crippen LogP contribution in [0, 0.1) is 0 Å². The van der Waals surface area contributed by atoms with E-state index in [0.29, 0.717) is 6.54 Å². The van der Waals surface area contributed by atoms with Crippen molar-refractivity contribution in [3.63, 3.8) is 0 Å². The fraction of sp³-hybridized carbons (Fsp3) is 1.00. The summed E-state index contributed by atoms with van der Waals surface area (Å²) in [6, 6.07) is -0.987. The van der Waals surface area contributed by atoms with E-state index in [9.17, 15) is 13.2 Å². The highest BCUT2D eigenvalue weighted by Gasteiger charge is 2.44. The number of nitrogens with one attached hydrogen (secondary N) is 2. The molecule has 0 aliphatic carbocycles. The van der Waals surface area contributed by atoms with Gasteiger partial charge in [0.2, 0.25) is 0 Å². The van der Waals surface area contributed by atoms with Gasteiger partial charge in [0.15, 0.2) is 6.10 Å². The molecule has 1 aliphatic rings. The van der Waals surface area contributed by atoms with Crippen molar-refractivity contribution >= 4 is 0 Å². The van der Waals surface area contributed by atoms with Crippen molar-refractivity contribution in [1.82, 2.24) is 10.6 Å². The fourth-order valence-corrected chi connectivity index (χ4v) is 1.37. The molecule has 78 valence electrons. The van der Waals surface area contributed by atoms with E-state index in [-0.39, 0.29) is 12.6 Å². The Bertz CT molecular complexity index is 174. The van der Waals surface area contributed by atoms with Crippen LogP contribution in [0.4, 0.5) is 13.2 Å². The number of rotatable bonds is 1. The summed E-state index contributed by atoms with van der Waals surface area (Å²) in [5.74, 6) is 0. The average molecular weight is 198 g/mol. The van der Waals surface area contributed by atoms with Crippen molar-refractivity contribution in [3.8, 4) is 0 Å². The second-order valence-corrected chi connectivity index (χ2v) is 3.32. The Morgan fingerprint density at radius 2 is 2.00 bits per heavy atom. The molecule has 3 nitrogen and oxygen atoms in total. The number of aliphatic hydroxyl groups excluding tert-OH is 1. The van der Waals surface area contributed by atoms with E-state index in [2.05, 4.69) is 10.6 Å². The maximum absolute atomic E-state index is 12.0. The molecule has 1 aliphatic heterocycles. The molecule has 3 atom stereocenters. The van der Waals surface area contributed by atoms with Crippen molar-refractivity contribution in [2.75, 3.05) is 13.1 Å². The number of halogens is 3. The largest absolute Gasteiger partial charge is 0.415 e. The van der Waals surface area contributed by atoms with Crippen molar-refractivity contribution in [1.29, 1.82) is 0 Å². The van der Waals surface area contributed by atoms with Gasteiger partial charge in [-0.15, -0.1) is 0 Å². The van der Waals surface area contributed by atoms with E-state index in [1.54, 1.807) is 6.92 Å². The Labute approximate surface area is 74.3 Å². The molecule has 3 N–H and O–H groups in total. The Morgan fingerprint density at radius 3 is 2.46 bits per heavy atom. The van der Waals surface area contributed by atoms with Crippen LogP contribution in [0.15, 0.2) is 0 Å². The van der Waals surface area contributed by atoms with Crippen LogP contribution in [0.5, 0.6) is 0 Å². The molecule has 0 amide bonds. The lowest BCUT2D eigenvalue weighted by Gasteiger charge is -2.33. The first-order chi connectivity index (χ1) is 5.91. The second-order valence-electron chi connectivity index (χ2n) is 3.32. The summed E-state index contributed by atoms with van der Waals surface area (Å²) in [4.78, 5) is 0. The monoisotopic (exact) mass is 198 g/mol. The highest BCUT2D eigenvalue weighted by atomic mass is 19.4. The van der Waals surface area contributed by atoms with Gasteiger partial charge in [-0.1, -0.05) is 0 Å². The fourth-order valence-electron chi connectivity index (χ4n) is 1.37. The van der Waals surface area contributed by atoms with Crippen LogP contribution < -0.4 is 10.6 Å². The summed E-state index contributed by atoms with van der Waals surface area (Å²) in [5, 5.41) is 14.4. The van der Waals surface area contributed by atoms with E-state index in [1.807, 2.05) is 0 Å². The van der Waals surface area contributed by atoms with Crippen LogP contribution in [0.2, 0.25) is 0 Å². The molecular weight excluding hydrogens is 185 g/mol. The van der Waals surface area contributed by atoms with Crippen molar-refractivity contribution in [3.05, 3.63) is 0 Å². The van der Waals surface area contributed by atoms with E-state index in [1.165, 1.54) is 0 Å². The smallest absolute Gasteiger partial charge is 0.382 e. The molecule has 1 heterocycles. The molecule has 6 heteroatoms. The average Bonchev–Trinajstić information content (AvgIpc) is 2.01. The molecular formula is C7H13F3N2O. The minimum Gasteiger partial charge on any atom is -0.382 e. The topological polar surface area (TPSA) is 44.3 Å². The molecule has 0 bridgehead atoms. The van der Waals surface area contributed by atoms with Gasteiger partial charge in [-0.2, -0.15) is 13.2 Å². The summed E-state index contributed by atoms with van der Waals surface area (Å²) >= 11 is 0. The van der Waals surface area contributed by atoms with Gasteiger partial charge in [0, 0.05) is 19.1 Å². The zero-order valence-electron chi connectivity index (χ0n) is 7.23. The zero-order chi connectivity index (χ0) is 10.1. The van der Waals surface area contributed by atoms with E-state index in [0.717, 1.165) is 0 Å². The SMILES string of the molecule is C[C@H]1CNCC(C(O)C(F)(F)F)N1. The first kappa shape index (κ1) is 10.7. The van der Waals surface area contributed by atoms with Crippen molar-refractivity contribution < 1.29 is 18.3 Å². The molecule has 0 spiro atoms. The van der Waals surface area contributed by atoms with Crippen LogP contribution in [0.3, 0.4) is 0 Å². The minimum atomic E-state index is -4.55.